The van der Waals surface area contributed by atoms with E-state index in [0.717, 1.165) is 72.3 Å². The van der Waals surface area contributed by atoms with Gasteiger partial charge < -0.3 is 8.98 Å². The minimum absolute atomic E-state index is 0.0140. The van der Waals surface area contributed by atoms with Gasteiger partial charge in [0, 0.05) is 38.4 Å². The summed E-state index contributed by atoms with van der Waals surface area (Å²) >= 11 is 0. The molecule has 0 aliphatic heterocycles. The molecule has 0 fully saturated rings. The average Bonchev–Trinajstić information content (AvgIpc) is 3.91. The molecular formula is C62H45N3O. The molecule has 66 heavy (non-hydrogen) atoms. The van der Waals surface area contributed by atoms with Crippen LogP contribution in [0.4, 0.5) is 0 Å². The zero-order valence-electron chi connectivity index (χ0n) is 37.0. The van der Waals surface area contributed by atoms with E-state index in [9.17, 15) is 0 Å². The zero-order chi connectivity index (χ0) is 44.4. The normalized spacial score (nSPS) is 11.9. The lowest BCUT2D eigenvalue weighted by Crippen LogP contribution is -2.10. The minimum Gasteiger partial charge on any atom is -0.452 e. The van der Waals surface area contributed by atoms with Gasteiger partial charge in [-0.2, -0.15) is 0 Å². The fourth-order valence-corrected chi connectivity index (χ4v) is 9.61. The molecule has 0 saturated carbocycles. The molecule has 3 aromatic heterocycles. The quantitative estimate of drug-likeness (QED) is 0.160. The van der Waals surface area contributed by atoms with E-state index < -0.39 is 0 Å². The lowest BCUT2D eigenvalue weighted by atomic mass is 9.85. The summed E-state index contributed by atoms with van der Waals surface area (Å²) in [7, 11) is 0. The van der Waals surface area contributed by atoms with Gasteiger partial charge in [-0.3, -0.25) is 0 Å². The van der Waals surface area contributed by atoms with E-state index in [2.05, 4.69) is 207 Å². The summed E-state index contributed by atoms with van der Waals surface area (Å²) in [4.78, 5) is 10.6. The first-order chi connectivity index (χ1) is 32.4. The lowest BCUT2D eigenvalue weighted by molar-refractivity contribution is 0.590. The molecular weight excluding hydrogens is 803 g/mol. The van der Waals surface area contributed by atoms with E-state index in [1.807, 2.05) is 36.4 Å². The van der Waals surface area contributed by atoms with Crippen molar-refractivity contribution in [2.75, 3.05) is 0 Å². The molecule has 0 aliphatic rings. The first kappa shape index (κ1) is 39.3. The summed E-state index contributed by atoms with van der Waals surface area (Å²) in [6.45, 7) is 6.81. The van der Waals surface area contributed by atoms with Gasteiger partial charge in [0.25, 0.3) is 0 Å². The van der Waals surface area contributed by atoms with E-state index >= 15 is 0 Å². The Morgan fingerprint density at radius 1 is 0.394 bits per heavy atom. The largest absolute Gasteiger partial charge is 0.452 e. The topological polar surface area (TPSA) is 43.9 Å². The molecule has 9 aromatic carbocycles. The molecule has 3 heterocycles. The van der Waals surface area contributed by atoms with Gasteiger partial charge >= 0.3 is 0 Å². The third kappa shape index (κ3) is 6.78. The Bertz CT molecular complexity index is 3650. The predicted octanol–water partition coefficient (Wildman–Crippen LogP) is 16.8. The van der Waals surface area contributed by atoms with Gasteiger partial charge in [0.05, 0.1) is 16.7 Å². The number of fused-ring (bicyclic) bond motifs is 6. The van der Waals surface area contributed by atoms with Gasteiger partial charge in [0.2, 0.25) is 0 Å². The maximum Gasteiger partial charge on any atom is 0.180 e. The smallest absolute Gasteiger partial charge is 0.180 e. The first-order valence-corrected chi connectivity index (χ1v) is 22.6. The number of furan rings is 1. The summed E-state index contributed by atoms with van der Waals surface area (Å²) in [6.07, 6.45) is 0. The van der Waals surface area contributed by atoms with Crippen molar-refractivity contribution < 1.29 is 4.42 Å². The van der Waals surface area contributed by atoms with Crippen molar-refractivity contribution in [2.24, 2.45) is 0 Å². The number of hydrogen-bond acceptors (Lipinski definition) is 3. The molecule has 4 heteroatoms. The van der Waals surface area contributed by atoms with Crippen LogP contribution >= 0.6 is 0 Å². The fraction of sp³-hybridized carbons (Fsp3) is 0.0645. The fourth-order valence-electron chi connectivity index (χ4n) is 9.61. The molecule has 4 nitrogen and oxygen atoms in total. The Kier molecular flexibility index (Phi) is 9.35. The molecule has 0 amide bonds. The van der Waals surface area contributed by atoms with Crippen LogP contribution in [-0.4, -0.2) is 14.5 Å². The van der Waals surface area contributed by atoms with Crippen LogP contribution in [0.5, 0.6) is 0 Å². The second kappa shape index (κ2) is 15.7. The molecule has 0 spiro atoms. The SMILES string of the molecule is CC(C)(C)c1ccc(-c2cc(-c3nc(-c4ccccc4)nc4c3oc3ccccc34)cc(-c3ccccc3)c2-n2c3ccc(-c4ccccc4)cc3c3cc(-c4ccccc4)ccc32)cc1. The van der Waals surface area contributed by atoms with Crippen LogP contribution in [0.3, 0.4) is 0 Å². The van der Waals surface area contributed by atoms with Crippen molar-refractivity contribution in [2.45, 2.75) is 26.2 Å². The van der Waals surface area contributed by atoms with E-state index in [1.54, 1.807) is 0 Å². The van der Waals surface area contributed by atoms with Crippen molar-refractivity contribution >= 4 is 43.9 Å². The Labute approximate surface area is 384 Å². The summed E-state index contributed by atoms with van der Waals surface area (Å²) < 4.78 is 9.26. The molecule has 0 atom stereocenters. The number of aromatic nitrogens is 3. The van der Waals surface area contributed by atoms with Crippen molar-refractivity contribution in [3.8, 4) is 72.8 Å². The van der Waals surface area contributed by atoms with E-state index in [4.69, 9.17) is 14.4 Å². The van der Waals surface area contributed by atoms with Gasteiger partial charge in [0.15, 0.2) is 11.4 Å². The highest BCUT2D eigenvalue weighted by atomic mass is 16.3. The predicted molar refractivity (Wildman–Crippen MR) is 275 cm³/mol. The highest BCUT2D eigenvalue weighted by Crippen LogP contribution is 2.47. The van der Waals surface area contributed by atoms with E-state index in [0.29, 0.717) is 11.4 Å². The van der Waals surface area contributed by atoms with Gasteiger partial charge in [-0.1, -0.05) is 191 Å². The van der Waals surface area contributed by atoms with Crippen molar-refractivity contribution in [3.05, 3.63) is 224 Å². The van der Waals surface area contributed by atoms with Crippen LogP contribution in [0.2, 0.25) is 0 Å². The van der Waals surface area contributed by atoms with Gasteiger partial charge in [-0.15, -0.1) is 0 Å². The summed E-state index contributed by atoms with van der Waals surface area (Å²) in [5, 5.41) is 3.34. The van der Waals surface area contributed by atoms with E-state index in [-0.39, 0.29) is 5.41 Å². The van der Waals surface area contributed by atoms with Crippen molar-refractivity contribution in [1.82, 2.24) is 14.5 Å². The third-order valence-corrected chi connectivity index (χ3v) is 13.0. The van der Waals surface area contributed by atoms with Crippen LogP contribution in [0.1, 0.15) is 26.3 Å². The molecule has 0 unspecified atom stereocenters. The highest BCUT2D eigenvalue weighted by Gasteiger charge is 2.26. The van der Waals surface area contributed by atoms with Crippen LogP contribution in [0.15, 0.2) is 223 Å². The number of para-hydroxylation sites is 1. The maximum atomic E-state index is 6.76. The van der Waals surface area contributed by atoms with Crippen LogP contribution < -0.4 is 0 Å². The second-order valence-electron chi connectivity index (χ2n) is 18.2. The molecule has 12 rings (SSSR count). The number of benzene rings is 9. The molecule has 314 valence electrons. The monoisotopic (exact) mass is 847 g/mol. The maximum absolute atomic E-state index is 6.76. The highest BCUT2D eigenvalue weighted by molar-refractivity contribution is 6.13. The van der Waals surface area contributed by atoms with Crippen LogP contribution in [-0.2, 0) is 5.41 Å². The summed E-state index contributed by atoms with van der Waals surface area (Å²) in [5.74, 6) is 0.650. The molecule has 0 aliphatic carbocycles. The van der Waals surface area contributed by atoms with Gasteiger partial charge in [-0.25, -0.2) is 9.97 Å². The number of rotatable bonds is 7. The van der Waals surface area contributed by atoms with Crippen LogP contribution in [0, 0.1) is 0 Å². The number of nitrogens with zero attached hydrogens (tertiary/aromatic N) is 3. The van der Waals surface area contributed by atoms with Crippen molar-refractivity contribution in [1.29, 1.82) is 0 Å². The molecule has 12 aromatic rings. The Morgan fingerprint density at radius 2 is 0.864 bits per heavy atom. The lowest BCUT2D eigenvalue weighted by Gasteiger charge is -2.23. The summed E-state index contributed by atoms with van der Waals surface area (Å²) in [6, 6.07) is 78.2. The third-order valence-electron chi connectivity index (χ3n) is 13.0. The molecule has 0 saturated heterocycles. The number of hydrogen-bond donors (Lipinski definition) is 0. The van der Waals surface area contributed by atoms with Crippen LogP contribution in [0.25, 0.3) is 117 Å². The molecule has 0 radical (unpaired) electrons. The first-order valence-electron chi connectivity index (χ1n) is 22.6. The van der Waals surface area contributed by atoms with Gasteiger partial charge in [-0.05, 0) is 92.9 Å². The molecule has 0 bridgehead atoms. The molecule has 0 N–H and O–H groups in total. The minimum atomic E-state index is -0.0140. The van der Waals surface area contributed by atoms with Gasteiger partial charge in [0.1, 0.15) is 16.8 Å². The Hall–Kier alpha value is -8.34. The second-order valence-corrected chi connectivity index (χ2v) is 18.2. The standard InChI is InChI=1S/C62H45N3O/c1-62(2,3)48-32-28-43(29-33-48)51-39-47(57-60-58(49-26-16-17-27-56(49)66-60)64-61(63-57)44-24-14-7-15-25-44)38-50(42-22-12-6-13-23-42)59(51)65-54-34-30-45(40-18-8-4-9-19-40)36-52(54)53-37-46(31-35-55(53)65)41-20-10-5-11-21-41/h4-39H,1-3H3. The van der Waals surface area contributed by atoms with Crippen molar-refractivity contribution in [3.63, 3.8) is 0 Å². The summed E-state index contributed by atoms with van der Waals surface area (Å²) in [5.41, 5.74) is 18.5. The Morgan fingerprint density at radius 3 is 1.41 bits per heavy atom. The zero-order valence-corrected chi connectivity index (χ0v) is 37.0. The average molecular weight is 848 g/mol. The Balaban J connectivity index is 1.22. The van der Waals surface area contributed by atoms with E-state index in [1.165, 1.54) is 38.6 Å².